The molecule has 1 aromatic heterocycles. The quantitative estimate of drug-likeness (QED) is 0.745. The van der Waals surface area contributed by atoms with Crippen LogP contribution in [-0.4, -0.2) is 17.3 Å². The third-order valence-corrected chi connectivity index (χ3v) is 1.92. The van der Waals surface area contributed by atoms with E-state index in [9.17, 15) is 4.79 Å². The van der Waals surface area contributed by atoms with E-state index in [0.717, 1.165) is 5.13 Å². The Morgan fingerprint density at radius 2 is 2.64 bits per heavy atom. The Balaban J connectivity index is 2.19. The van der Waals surface area contributed by atoms with Crippen LogP contribution >= 0.6 is 11.3 Å². The summed E-state index contributed by atoms with van der Waals surface area (Å²) in [6.45, 7) is 2.27. The Labute approximate surface area is 69.5 Å². The summed E-state index contributed by atoms with van der Waals surface area (Å²) in [5, 5.41) is 5.82. The molecule has 0 bridgehead atoms. The van der Waals surface area contributed by atoms with Crippen molar-refractivity contribution in [2.24, 2.45) is 0 Å². The minimum absolute atomic E-state index is 0.203. The first kappa shape index (κ1) is 8.20. The van der Waals surface area contributed by atoms with Gasteiger partial charge in [0.15, 0.2) is 5.13 Å². The van der Waals surface area contributed by atoms with Gasteiger partial charge in [0.25, 0.3) is 0 Å². The number of Topliss-reactive ketones (excluding diaryl/α,β-unsaturated/α-hetero) is 1. The maximum Gasteiger partial charge on any atom is 0.182 e. The number of nitrogens with one attached hydrogen (secondary N) is 1. The second-order valence-corrected chi connectivity index (χ2v) is 3.11. The standard InChI is InChI=1S/C7H10N2OS/c1-6(10)2-3-8-7-9-4-5-11-7/h4-5H,2-3H2,1H3,(H,8,9). The van der Waals surface area contributed by atoms with Crippen LogP contribution in [0.4, 0.5) is 5.13 Å². The smallest absolute Gasteiger partial charge is 0.182 e. The van der Waals surface area contributed by atoms with Gasteiger partial charge in [-0.25, -0.2) is 4.98 Å². The van der Waals surface area contributed by atoms with Gasteiger partial charge in [0.1, 0.15) is 5.78 Å². The average Bonchev–Trinajstić information content (AvgIpc) is 2.39. The zero-order chi connectivity index (χ0) is 8.10. The van der Waals surface area contributed by atoms with Crippen molar-refractivity contribution in [2.45, 2.75) is 13.3 Å². The fourth-order valence-corrected chi connectivity index (χ4v) is 1.21. The molecular weight excluding hydrogens is 160 g/mol. The molecule has 0 aliphatic heterocycles. The van der Waals surface area contributed by atoms with E-state index in [1.807, 2.05) is 5.38 Å². The van der Waals surface area contributed by atoms with Crippen LogP contribution in [0.1, 0.15) is 13.3 Å². The molecular formula is C7H10N2OS. The molecule has 0 radical (unpaired) electrons. The number of hydrogen-bond donors (Lipinski definition) is 1. The number of anilines is 1. The third kappa shape index (κ3) is 3.13. The van der Waals surface area contributed by atoms with Crippen LogP contribution in [-0.2, 0) is 4.79 Å². The van der Waals surface area contributed by atoms with E-state index < -0.39 is 0 Å². The molecule has 0 atom stereocenters. The van der Waals surface area contributed by atoms with Crippen molar-refractivity contribution >= 4 is 22.3 Å². The van der Waals surface area contributed by atoms with Crippen molar-refractivity contribution in [1.29, 1.82) is 0 Å². The fraction of sp³-hybridized carbons (Fsp3) is 0.429. The van der Waals surface area contributed by atoms with E-state index >= 15 is 0 Å². The van der Waals surface area contributed by atoms with Gasteiger partial charge >= 0.3 is 0 Å². The van der Waals surface area contributed by atoms with Crippen LogP contribution < -0.4 is 5.32 Å². The number of rotatable bonds is 4. The highest BCUT2D eigenvalue weighted by atomic mass is 32.1. The van der Waals surface area contributed by atoms with Crippen LogP contribution in [0.3, 0.4) is 0 Å². The molecule has 0 unspecified atom stereocenters. The van der Waals surface area contributed by atoms with Gasteiger partial charge in [0.2, 0.25) is 0 Å². The Bertz CT molecular complexity index is 220. The topological polar surface area (TPSA) is 42.0 Å². The van der Waals surface area contributed by atoms with Gasteiger partial charge in [-0.05, 0) is 6.92 Å². The molecule has 0 aliphatic rings. The van der Waals surface area contributed by atoms with Gasteiger partial charge in [0, 0.05) is 24.5 Å². The summed E-state index contributed by atoms with van der Waals surface area (Å²) in [5.41, 5.74) is 0. The lowest BCUT2D eigenvalue weighted by Crippen LogP contribution is -2.05. The molecule has 1 aromatic rings. The molecule has 0 saturated heterocycles. The number of hydrogen-bond acceptors (Lipinski definition) is 4. The molecule has 0 amide bonds. The average molecular weight is 170 g/mol. The predicted octanol–water partition coefficient (Wildman–Crippen LogP) is 1.53. The molecule has 0 aromatic carbocycles. The van der Waals surface area contributed by atoms with Gasteiger partial charge in [-0.2, -0.15) is 0 Å². The molecule has 1 heterocycles. The van der Waals surface area contributed by atoms with Gasteiger partial charge in [-0.3, -0.25) is 4.79 Å². The summed E-state index contributed by atoms with van der Waals surface area (Å²) in [7, 11) is 0. The number of thiazole rings is 1. The van der Waals surface area contributed by atoms with E-state index in [2.05, 4.69) is 10.3 Å². The molecule has 3 nitrogen and oxygen atoms in total. The summed E-state index contributed by atoms with van der Waals surface area (Å²) in [4.78, 5) is 14.5. The summed E-state index contributed by atoms with van der Waals surface area (Å²) in [6.07, 6.45) is 2.31. The van der Waals surface area contributed by atoms with Crippen LogP contribution in [0.25, 0.3) is 0 Å². The molecule has 11 heavy (non-hydrogen) atoms. The summed E-state index contributed by atoms with van der Waals surface area (Å²) in [6, 6.07) is 0. The first-order valence-corrected chi connectivity index (χ1v) is 4.30. The van der Waals surface area contributed by atoms with Crippen LogP contribution in [0.15, 0.2) is 11.6 Å². The highest BCUT2D eigenvalue weighted by molar-refractivity contribution is 7.13. The first-order chi connectivity index (χ1) is 5.29. The van der Waals surface area contributed by atoms with Crippen molar-refractivity contribution in [1.82, 2.24) is 4.98 Å². The Morgan fingerprint density at radius 1 is 1.82 bits per heavy atom. The van der Waals surface area contributed by atoms with E-state index in [-0.39, 0.29) is 5.78 Å². The zero-order valence-corrected chi connectivity index (χ0v) is 7.15. The second kappa shape index (κ2) is 4.08. The van der Waals surface area contributed by atoms with E-state index in [1.165, 1.54) is 0 Å². The van der Waals surface area contributed by atoms with E-state index in [1.54, 1.807) is 24.5 Å². The Morgan fingerprint density at radius 3 is 3.18 bits per heavy atom. The molecule has 0 spiro atoms. The highest BCUT2D eigenvalue weighted by Crippen LogP contribution is 2.09. The second-order valence-electron chi connectivity index (χ2n) is 2.22. The van der Waals surface area contributed by atoms with Gasteiger partial charge < -0.3 is 5.32 Å². The Kier molecular flexibility index (Phi) is 3.04. The summed E-state index contributed by atoms with van der Waals surface area (Å²) >= 11 is 1.54. The third-order valence-electron chi connectivity index (χ3n) is 1.19. The molecule has 0 fully saturated rings. The van der Waals surface area contributed by atoms with Crippen LogP contribution in [0.2, 0.25) is 0 Å². The van der Waals surface area contributed by atoms with Crippen LogP contribution in [0, 0.1) is 0 Å². The minimum atomic E-state index is 0.203. The number of carbonyl (C=O) groups excluding carboxylic acids is 1. The predicted molar refractivity (Wildman–Crippen MR) is 45.9 cm³/mol. The maximum absolute atomic E-state index is 10.5. The lowest BCUT2D eigenvalue weighted by Gasteiger charge is -1.97. The SMILES string of the molecule is CC(=O)CCNc1nccs1. The van der Waals surface area contributed by atoms with Gasteiger partial charge in [-0.15, -0.1) is 11.3 Å². The fourth-order valence-electron chi connectivity index (χ4n) is 0.656. The number of ketones is 1. The number of carbonyl (C=O) groups is 1. The molecule has 0 saturated carbocycles. The Hall–Kier alpha value is -0.900. The summed E-state index contributed by atoms with van der Waals surface area (Å²) < 4.78 is 0. The molecule has 60 valence electrons. The van der Waals surface area contributed by atoms with Crippen molar-refractivity contribution in [2.75, 3.05) is 11.9 Å². The van der Waals surface area contributed by atoms with E-state index in [4.69, 9.17) is 0 Å². The van der Waals surface area contributed by atoms with Crippen molar-refractivity contribution in [3.8, 4) is 0 Å². The minimum Gasteiger partial charge on any atom is -0.361 e. The largest absolute Gasteiger partial charge is 0.361 e. The molecule has 1 N–H and O–H groups in total. The molecule has 4 heteroatoms. The number of aromatic nitrogens is 1. The summed E-state index contributed by atoms with van der Waals surface area (Å²) in [5.74, 6) is 0.203. The van der Waals surface area contributed by atoms with Gasteiger partial charge in [-0.1, -0.05) is 0 Å². The number of nitrogens with zero attached hydrogens (tertiary/aromatic N) is 1. The highest BCUT2D eigenvalue weighted by Gasteiger charge is 1.94. The monoisotopic (exact) mass is 170 g/mol. The zero-order valence-electron chi connectivity index (χ0n) is 6.33. The van der Waals surface area contributed by atoms with E-state index in [0.29, 0.717) is 13.0 Å². The van der Waals surface area contributed by atoms with Crippen LogP contribution in [0.5, 0.6) is 0 Å². The van der Waals surface area contributed by atoms with Crippen molar-refractivity contribution < 1.29 is 4.79 Å². The molecule has 1 rings (SSSR count). The van der Waals surface area contributed by atoms with Crippen molar-refractivity contribution in [3.63, 3.8) is 0 Å². The maximum atomic E-state index is 10.5. The van der Waals surface area contributed by atoms with Gasteiger partial charge in [0.05, 0.1) is 0 Å². The van der Waals surface area contributed by atoms with Crippen molar-refractivity contribution in [3.05, 3.63) is 11.6 Å². The lowest BCUT2D eigenvalue weighted by molar-refractivity contribution is -0.116. The molecule has 0 aliphatic carbocycles. The lowest BCUT2D eigenvalue weighted by atomic mass is 10.3. The normalized spacial score (nSPS) is 9.55. The first-order valence-electron chi connectivity index (χ1n) is 3.42.